The molecule has 3 N–H and O–H groups in total. The van der Waals surface area contributed by atoms with Crippen molar-refractivity contribution in [1.82, 2.24) is 10.2 Å². The standard InChI is InChI=1S/C16H22N2O5S/c1-23-14-7-9-15(10-8-14)24(21,22)18-13-5-2-12(3-6-13)4-11-16(19)17-20/h4,7-13,18,20H,2-3,5-6H2,1H3,(H,17,19)/b11-4+. The highest BCUT2D eigenvalue weighted by molar-refractivity contribution is 7.89. The van der Waals surface area contributed by atoms with Crippen LogP contribution in [-0.2, 0) is 14.8 Å². The minimum atomic E-state index is -3.55. The molecule has 0 unspecified atom stereocenters. The molecular formula is C16H22N2O5S. The Balaban J connectivity index is 1.90. The third-order valence-corrected chi connectivity index (χ3v) is 5.63. The van der Waals surface area contributed by atoms with E-state index in [1.165, 1.54) is 25.3 Å². The van der Waals surface area contributed by atoms with Gasteiger partial charge in [0.1, 0.15) is 5.75 Å². The second-order valence-electron chi connectivity index (χ2n) is 5.74. The first-order chi connectivity index (χ1) is 11.4. The van der Waals surface area contributed by atoms with Crippen molar-refractivity contribution in [2.75, 3.05) is 7.11 Å². The van der Waals surface area contributed by atoms with Crippen molar-refractivity contribution in [3.8, 4) is 5.75 Å². The number of sulfonamides is 1. The van der Waals surface area contributed by atoms with Gasteiger partial charge in [-0.3, -0.25) is 10.0 Å². The van der Waals surface area contributed by atoms with Crippen molar-refractivity contribution in [3.63, 3.8) is 0 Å². The number of benzene rings is 1. The van der Waals surface area contributed by atoms with E-state index in [2.05, 4.69) is 4.72 Å². The predicted octanol–water partition coefficient (Wildman–Crippen LogP) is 1.59. The molecular weight excluding hydrogens is 332 g/mol. The lowest BCUT2D eigenvalue weighted by Gasteiger charge is -2.27. The monoisotopic (exact) mass is 354 g/mol. The van der Waals surface area contributed by atoms with E-state index in [-0.39, 0.29) is 16.9 Å². The Morgan fingerprint density at radius 3 is 2.38 bits per heavy atom. The zero-order chi connectivity index (χ0) is 17.6. The van der Waals surface area contributed by atoms with Crippen LogP contribution in [0.1, 0.15) is 25.7 Å². The number of carbonyl (C=O) groups is 1. The van der Waals surface area contributed by atoms with Gasteiger partial charge in [0, 0.05) is 12.1 Å². The molecule has 1 aromatic carbocycles. The second-order valence-corrected chi connectivity index (χ2v) is 7.46. The summed E-state index contributed by atoms with van der Waals surface area (Å²) in [6.45, 7) is 0. The van der Waals surface area contributed by atoms with Gasteiger partial charge in [0.05, 0.1) is 12.0 Å². The molecule has 8 heteroatoms. The lowest BCUT2D eigenvalue weighted by Crippen LogP contribution is -2.37. The second kappa shape index (κ2) is 8.27. The van der Waals surface area contributed by atoms with Gasteiger partial charge in [-0.25, -0.2) is 18.6 Å². The highest BCUT2D eigenvalue weighted by Gasteiger charge is 2.24. The molecule has 1 aromatic rings. The molecule has 0 heterocycles. The molecule has 1 fully saturated rings. The molecule has 1 aliphatic carbocycles. The van der Waals surface area contributed by atoms with E-state index < -0.39 is 15.9 Å². The molecule has 0 aromatic heterocycles. The van der Waals surface area contributed by atoms with E-state index in [0.717, 1.165) is 12.8 Å². The van der Waals surface area contributed by atoms with Crippen molar-refractivity contribution in [2.45, 2.75) is 36.6 Å². The van der Waals surface area contributed by atoms with Crippen LogP contribution in [0.2, 0.25) is 0 Å². The normalized spacial score (nSPS) is 21.6. The Labute approximate surface area is 141 Å². The summed E-state index contributed by atoms with van der Waals surface area (Å²) in [6.07, 6.45) is 6.01. The summed E-state index contributed by atoms with van der Waals surface area (Å²) >= 11 is 0. The third-order valence-electron chi connectivity index (χ3n) is 4.09. The van der Waals surface area contributed by atoms with Crippen LogP contribution in [0.3, 0.4) is 0 Å². The molecule has 24 heavy (non-hydrogen) atoms. The maximum Gasteiger partial charge on any atom is 0.267 e. The molecule has 0 atom stereocenters. The van der Waals surface area contributed by atoms with Crippen LogP contribution in [0, 0.1) is 5.92 Å². The zero-order valence-corrected chi connectivity index (χ0v) is 14.3. The Hall–Kier alpha value is -1.90. The summed E-state index contributed by atoms with van der Waals surface area (Å²) in [7, 11) is -2.03. The van der Waals surface area contributed by atoms with Gasteiger partial charge in [-0.15, -0.1) is 0 Å². The minimum Gasteiger partial charge on any atom is -0.497 e. The van der Waals surface area contributed by atoms with Gasteiger partial charge in [-0.1, -0.05) is 6.08 Å². The average Bonchev–Trinajstić information content (AvgIpc) is 2.60. The van der Waals surface area contributed by atoms with Crippen LogP contribution >= 0.6 is 0 Å². The number of amides is 1. The molecule has 7 nitrogen and oxygen atoms in total. The Morgan fingerprint density at radius 1 is 1.21 bits per heavy atom. The van der Waals surface area contributed by atoms with Gasteiger partial charge in [0.25, 0.3) is 5.91 Å². The summed E-state index contributed by atoms with van der Waals surface area (Å²) in [5.74, 6) is 0.259. The Bertz CT molecular complexity index is 677. The number of methoxy groups -OCH3 is 1. The van der Waals surface area contributed by atoms with Crippen LogP contribution in [0.5, 0.6) is 5.75 Å². The highest BCUT2D eigenvalue weighted by atomic mass is 32.2. The number of ether oxygens (including phenoxy) is 1. The molecule has 0 saturated heterocycles. The Morgan fingerprint density at radius 2 is 1.83 bits per heavy atom. The van der Waals surface area contributed by atoms with E-state index in [4.69, 9.17) is 9.94 Å². The number of carbonyl (C=O) groups excluding carboxylic acids is 1. The molecule has 1 amide bonds. The maximum atomic E-state index is 12.4. The number of hydroxylamine groups is 1. The van der Waals surface area contributed by atoms with Crippen LogP contribution in [0.4, 0.5) is 0 Å². The first-order valence-corrected chi connectivity index (χ1v) is 9.21. The first kappa shape index (κ1) is 18.4. The lowest BCUT2D eigenvalue weighted by molar-refractivity contribution is -0.124. The van der Waals surface area contributed by atoms with E-state index in [9.17, 15) is 13.2 Å². The fraction of sp³-hybridized carbons (Fsp3) is 0.438. The number of rotatable bonds is 6. The molecule has 0 bridgehead atoms. The van der Waals surface area contributed by atoms with E-state index >= 15 is 0 Å². The molecule has 1 saturated carbocycles. The number of nitrogens with one attached hydrogen (secondary N) is 2. The van der Waals surface area contributed by atoms with Gasteiger partial charge < -0.3 is 4.74 Å². The van der Waals surface area contributed by atoms with Gasteiger partial charge in [0.2, 0.25) is 10.0 Å². The van der Waals surface area contributed by atoms with Crippen molar-refractivity contribution < 1.29 is 23.2 Å². The van der Waals surface area contributed by atoms with E-state index in [0.29, 0.717) is 18.6 Å². The number of allylic oxidation sites excluding steroid dienone is 1. The van der Waals surface area contributed by atoms with Crippen molar-refractivity contribution in [1.29, 1.82) is 0 Å². The summed E-state index contributed by atoms with van der Waals surface area (Å²) < 4.78 is 32.5. The van der Waals surface area contributed by atoms with Gasteiger partial charge in [0.15, 0.2) is 0 Å². The van der Waals surface area contributed by atoms with Crippen molar-refractivity contribution in [3.05, 3.63) is 36.4 Å². The summed E-state index contributed by atoms with van der Waals surface area (Å²) in [6, 6.07) is 6.14. The predicted molar refractivity (Wildman–Crippen MR) is 88.1 cm³/mol. The lowest BCUT2D eigenvalue weighted by atomic mass is 9.86. The van der Waals surface area contributed by atoms with Crippen molar-refractivity contribution in [2.24, 2.45) is 5.92 Å². The van der Waals surface area contributed by atoms with E-state index in [1.54, 1.807) is 23.7 Å². The van der Waals surface area contributed by atoms with E-state index in [1.807, 2.05) is 0 Å². The summed E-state index contributed by atoms with van der Waals surface area (Å²) in [4.78, 5) is 11.2. The fourth-order valence-corrected chi connectivity index (χ4v) is 4.04. The number of hydrogen-bond acceptors (Lipinski definition) is 5. The fourth-order valence-electron chi connectivity index (χ4n) is 2.73. The van der Waals surface area contributed by atoms with Gasteiger partial charge >= 0.3 is 0 Å². The zero-order valence-electron chi connectivity index (χ0n) is 13.4. The van der Waals surface area contributed by atoms with Gasteiger partial charge in [-0.05, 0) is 55.9 Å². The van der Waals surface area contributed by atoms with Crippen LogP contribution in [0.25, 0.3) is 0 Å². The van der Waals surface area contributed by atoms with Crippen molar-refractivity contribution >= 4 is 15.9 Å². The summed E-state index contributed by atoms with van der Waals surface area (Å²) in [5, 5.41) is 8.44. The third kappa shape index (κ3) is 5.05. The Kier molecular flexibility index (Phi) is 6.36. The first-order valence-electron chi connectivity index (χ1n) is 7.73. The van der Waals surface area contributed by atoms with Crippen LogP contribution in [-0.4, -0.2) is 32.7 Å². The quantitative estimate of drug-likeness (QED) is 0.409. The molecule has 2 rings (SSSR count). The van der Waals surface area contributed by atoms with Crippen LogP contribution in [0.15, 0.2) is 41.3 Å². The highest BCUT2D eigenvalue weighted by Crippen LogP contribution is 2.26. The average molecular weight is 354 g/mol. The largest absolute Gasteiger partial charge is 0.497 e. The van der Waals surface area contributed by atoms with Crippen LogP contribution < -0.4 is 14.9 Å². The molecule has 0 aliphatic heterocycles. The molecule has 132 valence electrons. The molecule has 0 radical (unpaired) electrons. The SMILES string of the molecule is COc1ccc(S(=O)(=O)NC2CCC(/C=C/C(=O)NO)CC2)cc1. The minimum absolute atomic E-state index is 0.117. The molecule has 0 spiro atoms. The molecule has 1 aliphatic rings. The summed E-state index contributed by atoms with van der Waals surface area (Å²) in [5.41, 5.74) is 1.54. The van der Waals surface area contributed by atoms with Gasteiger partial charge in [-0.2, -0.15) is 0 Å². The smallest absolute Gasteiger partial charge is 0.267 e. The maximum absolute atomic E-state index is 12.4. The number of hydrogen-bond donors (Lipinski definition) is 3. The topological polar surface area (TPSA) is 105 Å².